The van der Waals surface area contributed by atoms with Gasteiger partial charge in [0.05, 0.1) is 5.56 Å². The molecule has 2 aromatic carbocycles. The van der Waals surface area contributed by atoms with Gasteiger partial charge in [0.1, 0.15) is 11.5 Å². The highest BCUT2D eigenvalue weighted by Crippen LogP contribution is 2.33. The molecule has 0 saturated carbocycles. The topological polar surface area (TPSA) is 52.3 Å². The highest BCUT2D eigenvalue weighted by molar-refractivity contribution is 5.96. The molecule has 2 aromatic rings. The molecule has 0 fully saturated rings. The summed E-state index contributed by atoms with van der Waals surface area (Å²) in [5, 5.41) is 0. The van der Waals surface area contributed by atoms with Crippen LogP contribution in [0.1, 0.15) is 34.0 Å². The minimum Gasteiger partial charge on any atom is -0.456 e. The van der Waals surface area contributed by atoms with E-state index in [9.17, 15) is 4.79 Å². The zero-order valence-electron chi connectivity index (χ0n) is 12.1. The Hall–Kier alpha value is -2.29. The van der Waals surface area contributed by atoms with Crippen LogP contribution in [0.25, 0.3) is 0 Å². The van der Waals surface area contributed by atoms with Gasteiger partial charge in [0, 0.05) is 0 Å². The Morgan fingerprint density at radius 3 is 2.20 bits per heavy atom. The van der Waals surface area contributed by atoms with Crippen molar-refractivity contribution in [1.82, 2.24) is 0 Å². The van der Waals surface area contributed by atoms with Crippen molar-refractivity contribution in [3.63, 3.8) is 0 Å². The molecule has 104 valence electrons. The van der Waals surface area contributed by atoms with E-state index in [1.54, 1.807) is 6.07 Å². The number of para-hydroxylation sites is 2. The summed E-state index contributed by atoms with van der Waals surface area (Å²) in [6.45, 7) is 6.00. The number of nitrogens with two attached hydrogens (primary N) is 1. The Morgan fingerprint density at radius 1 is 1.05 bits per heavy atom. The molecule has 20 heavy (non-hydrogen) atoms. The van der Waals surface area contributed by atoms with Crippen LogP contribution in [0.15, 0.2) is 36.4 Å². The molecule has 3 nitrogen and oxygen atoms in total. The molecule has 1 amide bonds. The maximum Gasteiger partial charge on any atom is 0.252 e. The fourth-order valence-electron chi connectivity index (χ4n) is 2.24. The number of carbonyl (C=O) groups is 1. The maximum atomic E-state index is 11.6. The second-order valence-corrected chi connectivity index (χ2v) is 4.83. The molecule has 0 heterocycles. The zero-order valence-corrected chi connectivity index (χ0v) is 12.1. The number of carbonyl (C=O) groups excluding carboxylic acids is 1. The van der Waals surface area contributed by atoms with Gasteiger partial charge in [-0.2, -0.15) is 0 Å². The molecule has 0 saturated heterocycles. The van der Waals surface area contributed by atoms with Crippen molar-refractivity contribution in [1.29, 1.82) is 0 Å². The fourth-order valence-corrected chi connectivity index (χ4v) is 2.24. The molecule has 2 rings (SSSR count). The van der Waals surface area contributed by atoms with Crippen LogP contribution < -0.4 is 10.5 Å². The zero-order chi connectivity index (χ0) is 14.7. The molecule has 0 radical (unpaired) electrons. The quantitative estimate of drug-likeness (QED) is 0.918. The molecule has 0 unspecified atom stereocenters. The van der Waals surface area contributed by atoms with Gasteiger partial charge in [-0.05, 0) is 43.0 Å². The van der Waals surface area contributed by atoms with Crippen LogP contribution in [0.4, 0.5) is 0 Å². The lowest BCUT2D eigenvalue weighted by Crippen LogP contribution is -2.13. The number of hydrogen-bond donors (Lipinski definition) is 1. The van der Waals surface area contributed by atoms with Gasteiger partial charge in [-0.15, -0.1) is 0 Å². The SMILES string of the molecule is CCc1cccc(C(N)=O)c1Oc1c(C)cccc1C. The van der Waals surface area contributed by atoms with E-state index in [2.05, 4.69) is 0 Å². The van der Waals surface area contributed by atoms with Gasteiger partial charge in [-0.25, -0.2) is 0 Å². The number of hydrogen-bond acceptors (Lipinski definition) is 2. The highest BCUT2D eigenvalue weighted by Gasteiger charge is 2.15. The van der Waals surface area contributed by atoms with Crippen molar-refractivity contribution in [3.8, 4) is 11.5 Å². The van der Waals surface area contributed by atoms with Gasteiger partial charge in [0.2, 0.25) is 0 Å². The number of rotatable bonds is 4. The monoisotopic (exact) mass is 269 g/mol. The first kappa shape index (κ1) is 14.1. The summed E-state index contributed by atoms with van der Waals surface area (Å²) >= 11 is 0. The smallest absolute Gasteiger partial charge is 0.252 e. The molecule has 0 aromatic heterocycles. The Bertz CT molecular complexity index is 627. The third kappa shape index (κ3) is 2.67. The maximum absolute atomic E-state index is 11.6. The predicted molar refractivity (Wildman–Crippen MR) is 80.3 cm³/mol. The van der Waals surface area contributed by atoms with Crippen molar-refractivity contribution in [2.24, 2.45) is 5.73 Å². The summed E-state index contributed by atoms with van der Waals surface area (Å²) in [5.41, 5.74) is 8.92. The number of aryl methyl sites for hydroxylation is 3. The number of ether oxygens (including phenoxy) is 1. The van der Waals surface area contributed by atoms with Crippen LogP contribution in [-0.2, 0) is 6.42 Å². The van der Waals surface area contributed by atoms with E-state index < -0.39 is 5.91 Å². The van der Waals surface area contributed by atoms with E-state index in [0.717, 1.165) is 28.9 Å². The summed E-state index contributed by atoms with van der Waals surface area (Å²) < 4.78 is 6.05. The first-order chi connectivity index (χ1) is 9.54. The molecule has 0 bridgehead atoms. The Balaban J connectivity index is 2.55. The normalized spacial score (nSPS) is 10.3. The number of amides is 1. The predicted octanol–water partition coefficient (Wildman–Crippen LogP) is 3.76. The van der Waals surface area contributed by atoms with E-state index >= 15 is 0 Å². The van der Waals surface area contributed by atoms with Crippen LogP contribution in [0.3, 0.4) is 0 Å². The van der Waals surface area contributed by atoms with Gasteiger partial charge in [-0.1, -0.05) is 37.3 Å². The largest absolute Gasteiger partial charge is 0.456 e. The van der Waals surface area contributed by atoms with E-state index in [4.69, 9.17) is 10.5 Å². The first-order valence-corrected chi connectivity index (χ1v) is 6.70. The molecule has 0 spiro atoms. The summed E-state index contributed by atoms with van der Waals surface area (Å²) in [4.78, 5) is 11.6. The Morgan fingerprint density at radius 2 is 1.65 bits per heavy atom. The third-order valence-electron chi connectivity index (χ3n) is 3.36. The minimum atomic E-state index is -0.471. The van der Waals surface area contributed by atoms with Gasteiger partial charge in [-0.3, -0.25) is 4.79 Å². The van der Waals surface area contributed by atoms with Crippen LogP contribution >= 0.6 is 0 Å². The summed E-state index contributed by atoms with van der Waals surface area (Å²) in [7, 11) is 0. The van der Waals surface area contributed by atoms with Crippen LogP contribution in [0, 0.1) is 13.8 Å². The standard InChI is InChI=1S/C17H19NO2/c1-4-13-9-6-10-14(17(18)19)16(13)20-15-11(2)7-5-8-12(15)3/h5-10H,4H2,1-3H3,(H2,18,19). The van der Waals surface area contributed by atoms with Gasteiger partial charge in [0.25, 0.3) is 5.91 Å². The molecule has 0 aliphatic carbocycles. The molecule has 3 heteroatoms. The lowest BCUT2D eigenvalue weighted by molar-refractivity contribution is 0.0998. The van der Waals surface area contributed by atoms with Crippen LogP contribution in [0.2, 0.25) is 0 Å². The molecular formula is C17H19NO2. The fraction of sp³-hybridized carbons (Fsp3) is 0.235. The van der Waals surface area contributed by atoms with Crippen molar-refractivity contribution >= 4 is 5.91 Å². The third-order valence-corrected chi connectivity index (χ3v) is 3.36. The summed E-state index contributed by atoms with van der Waals surface area (Å²) in [6, 6.07) is 11.4. The molecule has 0 aliphatic rings. The van der Waals surface area contributed by atoms with Crippen molar-refractivity contribution < 1.29 is 9.53 Å². The molecule has 2 N–H and O–H groups in total. The second kappa shape index (κ2) is 5.78. The molecular weight excluding hydrogens is 250 g/mol. The van der Waals surface area contributed by atoms with E-state index in [1.807, 2.05) is 51.1 Å². The first-order valence-electron chi connectivity index (χ1n) is 6.70. The van der Waals surface area contributed by atoms with Crippen molar-refractivity contribution in [2.45, 2.75) is 27.2 Å². The van der Waals surface area contributed by atoms with E-state index in [0.29, 0.717) is 11.3 Å². The summed E-state index contributed by atoms with van der Waals surface area (Å²) in [6.07, 6.45) is 0.779. The van der Waals surface area contributed by atoms with E-state index in [-0.39, 0.29) is 0 Å². The van der Waals surface area contributed by atoms with Gasteiger partial charge in [0.15, 0.2) is 0 Å². The Kier molecular flexibility index (Phi) is 4.08. The van der Waals surface area contributed by atoms with E-state index in [1.165, 1.54) is 0 Å². The second-order valence-electron chi connectivity index (χ2n) is 4.83. The number of primary amides is 1. The molecule has 0 atom stereocenters. The van der Waals surface area contributed by atoms with Crippen molar-refractivity contribution in [3.05, 3.63) is 58.7 Å². The number of benzene rings is 2. The molecule has 0 aliphatic heterocycles. The summed E-state index contributed by atoms with van der Waals surface area (Å²) in [5.74, 6) is 0.886. The van der Waals surface area contributed by atoms with Crippen LogP contribution in [-0.4, -0.2) is 5.91 Å². The Labute approximate surface area is 119 Å². The van der Waals surface area contributed by atoms with Crippen LogP contribution in [0.5, 0.6) is 11.5 Å². The lowest BCUT2D eigenvalue weighted by atomic mass is 10.1. The van der Waals surface area contributed by atoms with Crippen molar-refractivity contribution in [2.75, 3.05) is 0 Å². The minimum absolute atomic E-state index is 0.423. The van der Waals surface area contributed by atoms with Gasteiger partial charge >= 0.3 is 0 Å². The highest BCUT2D eigenvalue weighted by atomic mass is 16.5. The average molecular weight is 269 g/mol. The lowest BCUT2D eigenvalue weighted by Gasteiger charge is -2.16. The average Bonchev–Trinajstić information content (AvgIpc) is 2.42. The van der Waals surface area contributed by atoms with Gasteiger partial charge < -0.3 is 10.5 Å².